The van der Waals surface area contributed by atoms with Crippen molar-refractivity contribution in [3.05, 3.63) is 23.2 Å². The van der Waals surface area contributed by atoms with Crippen LogP contribution in [0.3, 0.4) is 0 Å². The maximum absolute atomic E-state index is 12.0. The molecule has 1 rings (SSSR count). The number of rotatable bonds is 8. The molecule has 118 valence electrons. The first kappa shape index (κ1) is 17.5. The third-order valence-electron chi connectivity index (χ3n) is 2.53. The zero-order valence-corrected chi connectivity index (χ0v) is 13.2. The van der Waals surface area contributed by atoms with Crippen LogP contribution in [-0.2, 0) is 15.0 Å². The van der Waals surface area contributed by atoms with Crippen LogP contribution in [0.25, 0.3) is 0 Å². The zero-order valence-electron chi connectivity index (χ0n) is 11.7. The van der Waals surface area contributed by atoms with Gasteiger partial charge in [0.1, 0.15) is 5.75 Å². The molecule has 0 aliphatic heterocycles. The van der Waals surface area contributed by atoms with Gasteiger partial charge in [-0.1, -0.05) is 11.6 Å². The van der Waals surface area contributed by atoms with E-state index in [1.54, 1.807) is 6.07 Å². The average Bonchev–Trinajstić information content (AvgIpc) is 2.38. The predicted molar refractivity (Wildman–Crippen MR) is 80.0 cm³/mol. The lowest BCUT2D eigenvalue weighted by Gasteiger charge is -2.18. The van der Waals surface area contributed by atoms with Crippen molar-refractivity contribution < 1.29 is 23.1 Å². The number of carboxylic acids is 1. The highest BCUT2D eigenvalue weighted by atomic mass is 35.5. The molecular formula is C12H17ClN2O5S. The Labute approximate surface area is 128 Å². The van der Waals surface area contributed by atoms with Crippen molar-refractivity contribution in [2.45, 2.75) is 13.3 Å². The van der Waals surface area contributed by atoms with Crippen LogP contribution in [-0.4, -0.2) is 44.0 Å². The van der Waals surface area contributed by atoms with E-state index in [-0.39, 0.29) is 23.7 Å². The van der Waals surface area contributed by atoms with Gasteiger partial charge in [-0.2, -0.15) is 12.7 Å². The third kappa shape index (κ3) is 5.41. The molecule has 0 radical (unpaired) electrons. The van der Waals surface area contributed by atoms with Crippen LogP contribution < -0.4 is 9.46 Å². The predicted octanol–water partition coefficient (Wildman–Crippen LogP) is 1.80. The number of nitrogens with zero attached hydrogens (tertiary/aromatic N) is 1. The summed E-state index contributed by atoms with van der Waals surface area (Å²) in [6, 6.07) is 4.50. The summed E-state index contributed by atoms with van der Waals surface area (Å²) >= 11 is 5.97. The van der Waals surface area contributed by atoms with E-state index in [2.05, 4.69) is 4.72 Å². The number of ether oxygens (including phenoxy) is 1. The second kappa shape index (κ2) is 7.48. The molecule has 0 fully saturated rings. The van der Waals surface area contributed by atoms with Gasteiger partial charge in [-0.25, -0.2) is 0 Å². The molecule has 0 saturated carbocycles. The summed E-state index contributed by atoms with van der Waals surface area (Å²) in [5, 5.41) is 8.84. The number of carbonyl (C=O) groups is 1. The average molecular weight is 337 g/mol. The number of hydrogen-bond donors (Lipinski definition) is 2. The fourth-order valence-electron chi connectivity index (χ4n) is 1.44. The van der Waals surface area contributed by atoms with Gasteiger partial charge in [-0.15, -0.1) is 0 Å². The van der Waals surface area contributed by atoms with Crippen molar-refractivity contribution in [2.75, 3.05) is 24.9 Å². The molecule has 0 spiro atoms. The molecule has 0 atom stereocenters. The van der Waals surface area contributed by atoms with E-state index in [0.717, 1.165) is 4.31 Å². The number of hydrogen-bond acceptors (Lipinski definition) is 4. The highest BCUT2D eigenvalue weighted by Crippen LogP contribution is 2.28. The minimum Gasteiger partial charge on any atom is -0.492 e. The number of anilines is 1. The summed E-state index contributed by atoms with van der Waals surface area (Å²) in [6.45, 7) is 2.13. The molecule has 7 nitrogen and oxygen atoms in total. The van der Waals surface area contributed by atoms with Crippen molar-refractivity contribution in [1.29, 1.82) is 0 Å². The lowest BCUT2D eigenvalue weighted by atomic mass is 10.3. The Balaban J connectivity index is 2.79. The maximum Gasteiger partial charge on any atom is 0.304 e. The van der Waals surface area contributed by atoms with E-state index in [4.69, 9.17) is 21.4 Å². The highest BCUT2D eigenvalue weighted by molar-refractivity contribution is 7.90. The van der Waals surface area contributed by atoms with Gasteiger partial charge in [0.15, 0.2) is 0 Å². The Morgan fingerprint density at radius 1 is 1.48 bits per heavy atom. The molecule has 0 amide bonds. The van der Waals surface area contributed by atoms with Crippen LogP contribution in [0.15, 0.2) is 18.2 Å². The maximum atomic E-state index is 12.0. The first-order chi connectivity index (χ1) is 9.76. The largest absolute Gasteiger partial charge is 0.492 e. The molecule has 0 unspecified atom stereocenters. The standard InChI is InChI=1S/C12H17ClN2O5S/c1-3-20-11-5-4-9(8-10(11)13)14-21(18,19)15(2)7-6-12(16)17/h4-5,8,14H,3,6-7H2,1-2H3,(H,16,17). The van der Waals surface area contributed by atoms with Crippen molar-refractivity contribution in [1.82, 2.24) is 4.31 Å². The van der Waals surface area contributed by atoms with E-state index in [0.29, 0.717) is 12.4 Å². The Kier molecular flexibility index (Phi) is 6.25. The minimum absolute atomic E-state index is 0.130. The number of halogens is 1. The van der Waals surface area contributed by atoms with Gasteiger partial charge in [-0.3, -0.25) is 9.52 Å². The summed E-state index contributed by atoms with van der Waals surface area (Å²) < 4.78 is 32.5. The van der Waals surface area contributed by atoms with Crippen molar-refractivity contribution >= 4 is 33.5 Å². The lowest BCUT2D eigenvalue weighted by Crippen LogP contribution is -2.34. The summed E-state index contributed by atoms with van der Waals surface area (Å²) in [5.41, 5.74) is 0.269. The molecule has 21 heavy (non-hydrogen) atoms. The smallest absolute Gasteiger partial charge is 0.304 e. The molecule has 2 N–H and O–H groups in total. The number of benzene rings is 1. The molecule has 0 aromatic heterocycles. The monoisotopic (exact) mass is 336 g/mol. The molecule has 0 saturated heterocycles. The summed E-state index contributed by atoms with van der Waals surface area (Å²) in [5.74, 6) is -0.609. The molecule has 1 aromatic carbocycles. The summed E-state index contributed by atoms with van der Waals surface area (Å²) in [6.07, 6.45) is -0.276. The molecule has 0 bridgehead atoms. The number of carboxylic acid groups (broad SMARTS) is 1. The van der Waals surface area contributed by atoms with E-state index >= 15 is 0 Å². The van der Waals surface area contributed by atoms with Gasteiger partial charge in [0.2, 0.25) is 0 Å². The fraction of sp³-hybridized carbons (Fsp3) is 0.417. The quantitative estimate of drug-likeness (QED) is 0.754. The lowest BCUT2D eigenvalue weighted by molar-refractivity contribution is -0.137. The molecule has 0 aliphatic rings. The SMILES string of the molecule is CCOc1ccc(NS(=O)(=O)N(C)CCC(=O)O)cc1Cl. The van der Waals surface area contributed by atoms with Crippen LogP contribution in [0.5, 0.6) is 5.75 Å². The van der Waals surface area contributed by atoms with Gasteiger partial charge in [0, 0.05) is 13.6 Å². The second-order valence-electron chi connectivity index (χ2n) is 4.15. The first-order valence-electron chi connectivity index (χ1n) is 6.14. The van der Waals surface area contributed by atoms with Crippen LogP contribution in [0.2, 0.25) is 5.02 Å². The Bertz CT molecular complexity index is 606. The Morgan fingerprint density at radius 2 is 2.14 bits per heavy atom. The molecule has 9 heteroatoms. The molecule has 0 heterocycles. The van der Waals surface area contributed by atoms with Crippen LogP contribution >= 0.6 is 11.6 Å². The van der Waals surface area contributed by atoms with Crippen LogP contribution in [0.1, 0.15) is 13.3 Å². The van der Waals surface area contributed by atoms with Gasteiger partial charge in [-0.05, 0) is 25.1 Å². The normalized spacial score (nSPS) is 11.4. The van der Waals surface area contributed by atoms with Crippen LogP contribution in [0.4, 0.5) is 5.69 Å². The number of aliphatic carboxylic acids is 1. The van der Waals surface area contributed by atoms with Gasteiger partial charge in [0.25, 0.3) is 0 Å². The Hall–Kier alpha value is -1.51. The highest BCUT2D eigenvalue weighted by Gasteiger charge is 2.18. The molecular weight excluding hydrogens is 320 g/mol. The Morgan fingerprint density at radius 3 is 2.67 bits per heavy atom. The number of nitrogens with one attached hydrogen (secondary N) is 1. The molecule has 0 aliphatic carbocycles. The third-order valence-corrected chi connectivity index (χ3v) is 4.32. The first-order valence-corrected chi connectivity index (χ1v) is 7.96. The fourth-order valence-corrected chi connectivity index (χ4v) is 2.58. The van der Waals surface area contributed by atoms with E-state index in [9.17, 15) is 13.2 Å². The zero-order chi connectivity index (χ0) is 16.0. The molecule has 1 aromatic rings. The van der Waals surface area contributed by atoms with Gasteiger partial charge < -0.3 is 9.84 Å². The van der Waals surface area contributed by atoms with E-state index in [1.807, 2.05) is 6.92 Å². The van der Waals surface area contributed by atoms with E-state index < -0.39 is 16.2 Å². The van der Waals surface area contributed by atoms with Crippen molar-refractivity contribution in [2.24, 2.45) is 0 Å². The van der Waals surface area contributed by atoms with Crippen molar-refractivity contribution in [3.8, 4) is 5.75 Å². The minimum atomic E-state index is -3.83. The topological polar surface area (TPSA) is 95.9 Å². The van der Waals surface area contributed by atoms with Crippen molar-refractivity contribution in [3.63, 3.8) is 0 Å². The van der Waals surface area contributed by atoms with Crippen LogP contribution in [0, 0.1) is 0 Å². The van der Waals surface area contributed by atoms with E-state index in [1.165, 1.54) is 19.2 Å². The second-order valence-corrected chi connectivity index (χ2v) is 6.34. The van der Waals surface area contributed by atoms with Gasteiger partial charge >= 0.3 is 16.2 Å². The summed E-state index contributed by atoms with van der Waals surface area (Å²) in [7, 11) is -2.54. The van der Waals surface area contributed by atoms with Gasteiger partial charge in [0.05, 0.1) is 23.7 Å². The summed E-state index contributed by atoms with van der Waals surface area (Å²) in [4.78, 5) is 10.5.